The Morgan fingerprint density at radius 2 is 1.92 bits per heavy atom. The first-order valence-corrected chi connectivity index (χ1v) is 9.51. The number of allylic oxidation sites excluding steroid dienone is 1. The van der Waals surface area contributed by atoms with E-state index in [4.69, 9.17) is 4.74 Å². The van der Waals surface area contributed by atoms with Crippen LogP contribution in [-0.4, -0.2) is 25.5 Å². The molecule has 2 N–H and O–H groups in total. The third kappa shape index (κ3) is 7.72. The largest absolute Gasteiger partial charge is 0.497 e. The Morgan fingerprint density at radius 1 is 1.12 bits per heavy atom. The van der Waals surface area contributed by atoms with Crippen LogP contribution in [0.1, 0.15) is 56.9 Å². The number of carbonyl (C=O) groups excluding carboxylic acids is 2. The molecule has 142 valence electrons. The van der Waals surface area contributed by atoms with Gasteiger partial charge in [0.1, 0.15) is 5.75 Å². The van der Waals surface area contributed by atoms with Gasteiger partial charge < -0.3 is 15.4 Å². The van der Waals surface area contributed by atoms with E-state index in [2.05, 4.69) is 16.7 Å². The Morgan fingerprint density at radius 3 is 2.65 bits per heavy atom. The fourth-order valence-electron chi connectivity index (χ4n) is 3.06. The zero-order chi connectivity index (χ0) is 18.6. The number of rotatable bonds is 10. The molecule has 0 unspecified atom stereocenters. The summed E-state index contributed by atoms with van der Waals surface area (Å²) < 4.78 is 5.16. The first-order valence-electron chi connectivity index (χ1n) is 9.51. The van der Waals surface area contributed by atoms with E-state index < -0.39 is 0 Å². The second-order valence-corrected chi connectivity index (χ2v) is 6.69. The van der Waals surface area contributed by atoms with E-state index in [1.165, 1.54) is 31.3 Å². The average molecular weight is 358 g/mol. The van der Waals surface area contributed by atoms with Crippen molar-refractivity contribution in [2.24, 2.45) is 0 Å². The van der Waals surface area contributed by atoms with E-state index in [0.29, 0.717) is 32.4 Å². The summed E-state index contributed by atoms with van der Waals surface area (Å²) in [6, 6.07) is 7.61. The highest BCUT2D eigenvalue weighted by molar-refractivity contribution is 5.78. The fourth-order valence-corrected chi connectivity index (χ4v) is 3.06. The van der Waals surface area contributed by atoms with Crippen LogP contribution in [0.25, 0.3) is 0 Å². The van der Waals surface area contributed by atoms with Gasteiger partial charge in [-0.15, -0.1) is 0 Å². The van der Waals surface area contributed by atoms with Crippen LogP contribution >= 0.6 is 0 Å². The van der Waals surface area contributed by atoms with Gasteiger partial charge in [-0.05, 0) is 56.2 Å². The Balaban J connectivity index is 1.54. The minimum atomic E-state index is -0.0343. The predicted octanol–water partition coefficient (Wildman–Crippen LogP) is 3.49. The van der Waals surface area contributed by atoms with Crippen molar-refractivity contribution in [1.29, 1.82) is 0 Å². The Labute approximate surface area is 156 Å². The Bertz CT molecular complexity index is 625. The highest BCUT2D eigenvalue weighted by atomic mass is 16.5. The smallest absolute Gasteiger partial charge is 0.220 e. The standard InChI is InChI=1S/C21H30N2O3/c1-26-19-10-5-9-18(15-19)16-23-21(25)12-6-11-20(24)22-14-13-17-7-3-2-4-8-17/h5,7,9-10,15H,2-4,6,8,11-14,16H2,1H3,(H,22,24)(H,23,25). The molecular weight excluding hydrogens is 328 g/mol. The quantitative estimate of drug-likeness (QED) is 0.629. The molecule has 0 aromatic heterocycles. The molecule has 1 aliphatic carbocycles. The zero-order valence-corrected chi connectivity index (χ0v) is 15.7. The number of ether oxygens (including phenoxy) is 1. The number of hydrogen-bond acceptors (Lipinski definition) is 3. The Hall–Kier alpha value is -2.30. The van der Waals surface area contributed by atoms with Gasteiger partial charge in [0.05, 0.1) is 7.11 Å². The van der Waals surface area contributed by atoms with Crippen molar-refractivity contribution >= 4 is 11.8 Å². The van der Waals surface area contributed by atoms with Crippen molar-refractivity contribution in [2.75, 3.05) is 13.7 Å². The van der Waals surface area contributed by atoms with Crippen molar-refractivity contribution in [2.45, 2.75) is 57.9 Å². The van der Waals surface area contributed by atoms with Crippen LogP contribution in [0.5, 0.6) is 5.75 Å². The third-order valence-electron chi connectivity index (χ3n) is 4.58. The number of hydrogen-bond donors (Lipinski definition) is 2. The van der Waals surface area contributed by atoms with Gasteiger partial charge >= 0.3 is 0 Å². The number of benzene rings is 1. The molecule has 2 rings (SSSR count). The molecule has 26 heavy (non-hydrogen) atoms. The highest BCUT2D eigenvalue weighted by Crippen LogP contribution is 2.19. The molecule has 5 heteroatoms. The average Bonchev–Trinajstić information content (AvgIpc) is 2.67. The van der Waals surface area contributed by atoms with Crippen LogP contribution in [0.2, 0.25) is 0 Å². The molecule has 0 saturated heterocycles. The van der Waals surface area contributed by atoms with Crippen molar-refractivity contribution in [1.82, 2.24) is 10.6 Å². The van der Waals surface area contributed by atoms with E-state index >= 15 is 0 Å². The minimum absolute atomic E-state index is 0.0296. The first-order chi connectivity index (χ1) is 12.7. The number of amides is 2. The molecule has 0 bridgehead atoms. The number of carbonyl (C=O) groups is 2. The highest BCUT2D eigenvalue weighted by Gasteiger charge is 2.07. The van der Waals surface area contributed by atoms with Gasteiger partial charge in [-0.3, -0.25) is 9.59 Å². The normalized spacial score (nSPS) is 13.7. The molecule has 1 aromatic carbocycles. The lowest BCUT2D eigenvalue weighted by Crippen LogP contribution is -2.26. The van der Waals surface area contributed by atoms with E-state index in [1.807, 2.05) is 24.3 Å². The summed E-state index contributed by atoms with van der Waals surface area (Å²) in [5.41, 5.74) is 2.46. The molecule has 0 atom stereocenters. The summed E-state index contributed by atoms with van der Waals surface area (Å²) in [4.78, 5) is 23.7. The van der Waals surface area contributed by atoms with Crippen molar-refractivity contribution in [3.63, 3.8) is 0 Å². The zero-order valence-electron chi connectivity index (χ0n) is 15.7. The Kier molecular flexibility index (Phi) is 8.73. The summed E-state index contributed by atoms with van der Waals surface area (Å²) >= 11 is 0. The summed E-state index contributed by atoms with van der Waals surface area (Å²) in [7, 11) is 1.62. The second-order valence-electron chi connectivity index (χ2n) is 6.69. The van der Waals surface area contributed by atoms with E-state index in [9.17, 15) is 9.59 Å². The van der Waals surface area contributed by atoms with E-state index in [1.54, 1.807) is 7.11 Å². The van der Waals surface area contributed by atoms with Crippen LogP contribution in [0.4, 0.5) is 0 Å². The summed E-state index contributed by atoms with van der Waals surface area (Å²) in [6.07, 6.45) is 9.49. The molecule has 2 amide bonds. The van der Waals surface area contributed by atoms with Crippen LogP contribution in [0.15, 0.2) is 35.9 Å². The minimum Gasteiger partial charge on any atom is -0.497 e. The SMILES string of the molecule is COc1cccc(CNC(=O)CCCC(=O)NCCC2=CCCCC2)c1. The lowest BCUT2D eigenvalue weighted by Gasteiger charge is -2.13. The van der Waals surface area contributed by atoms with Crippen molar-refractivity contribution < 1.29 is 14.3 Å². The maximum Gasteiger partial charge on any atom is 0.220 e. The molecule has 0 fully saturated rings. The van der Waals surface area contributed by atoms with Gasteiger partial charge in [0.15, 0.2) is 0 Å². The van der Waals surface area contributed by atoms with Gasteiger partial charge in [-0.1, -0.05) is 23.8 Å². The molecular formula is C21H30N2O3. The number of methoxy groups -OCH3 is 1. The molecule has 0 saturated carbocycles. The van der Waals surface area contributed by atoms with Crippen LogP contribution in [-0.2, 0) is 16.1 Å². The topological polar surface area (TPSA) is 67.4 Å². The van der Waals surface area contributed by atoms with E-state index in [-0.39, 0.29) is 11.8 Å². The fraction of sp³-hybridized carbons (Fsp3) is 0.524. The first kappa shape index (κ1) is 20.0. The molecule has 0 heterocycles. The van der Waals surface area contributed by atoms with Crippen LogP contribution < -0.4 is 15.4 Å². The second kappa shape index (κ2) is 11.3. The molecule has 1 aromatic rings. The molecule has 5 nitrogen and oxygen atoms in total. The van der Waals surface area contributed by atoms with Gasteiger partial charge in [-0.2, -0.15) is 0 Å². The third-order valence-corrected chi connectivity index (χ3v) is 4.58. The van der Waals surface area contributed by atoms with Gasteiger partial charge in [0.2, 0.25) is 11.8 Å². The van der Waals surface area contributed by atoms with Crippen molar-refractivity contribution in [3.8, 4) is 5.75 Å². The van der Waals surface area contributed by atoms with Crippen LogP contribution in [0, 0.1) is 0 Å². The maximum absolute atomic E-state index is 11.9. The molecule has 0 radical (unpaired) electrons. The van der Waals surface area contributed by atoms with Gasteiger partial charge in [0.25, 0.3) is 0 Å². The summed E-state index contributed by atoms with van der Waals surface area (Å²) in [6.45, 7) is 1.17. The molecule has 0 spiro atoms. The molecule has 0 aliphatic heterocycles. The van der Waals surface area contributed by atoms with Crippen molar-refractivity contribution in [3.05, 3.63) is 41.5 Å². The lowest BCUT2D eigenvalue weighted by molar-refractivity contribution is -0.122. The summed E-state index contributed by atoms with van der Waals surface area (Å²) in [5.74, 6) is 0.771. The predicted molar refractivity (Wildman–Crippen MR) is 103 cm³/mol. The van der Waals surface area contributed by atoms with Gasteiger partial charge in [0, 0.05) is 25.9 Å². The maximum atomic E-state index is 11.9. The van der Waals surface area contributed by atoms with Crippen LogP contribution in [0.3, 0.4) is 0 Å². The summed E-state index contributed by atoms with van der Waals surface area (Å²) in [5, 5.41) is 5.83. The number of nitrogens with one attached hydrogen (secondary N) is 2. The lowest BCUT2D eigenvalue weighted by atomic mass is 9.97. The monoisotopic (exact) mass is 358 g/mol. The van der Waals surface area contributed by atoms with Gasteiger partial charge in [-0.25, -0.2) is 0 Å². The molecule has 1 aliphatic rings. The van der Waals surface area contributed by atoms with E-state index in [0.717, 1.165) is 17.7 Å².